The van der Waals surface area contributed by atoms with Gasteiger partial charge in [0, 0.05) is 30.6 Å². The van der Waals surface area contributed by atoms with E-state index < -0.39 is 0 Å². The zero-order valence-corrected chi connectivity index (χ0v) is 8.95. The zero-order chi connectivity index (χ0) is 10.8. The van der Waals surface area contributed by atoms with Crippen LogP contribution in [0.4, 0.5) is 5.69 Å². The van der Waals surface area contributed by atoms with Gasteiger partial charge in [0.05, 0.1) is 5.69 Å². The van der Waals surface area contributed by atoms with Crippen molar-refractivity contribution in [3.8, 4) is 0 Å². The Morgan fingerprint density at radius 3 is 2.87 bits per heavy atom. The third kappa shape index (κ3) is 1.73. The Morgan fingerprint density at radius 2 is 2.13 bits per heavy atom. The monoisotopic (exact) mass is 202 g/mol. The number of anilines is 1. The fraction of sp³-hybridized carbons (Fsp3) is 0.250. The molecule has 1 heterocycles. The van der Waals surface area contributed by atoms with Crippen LogP contribution in [0, 0.1) is 0 Å². The van der Waals surface area contributed by atoms with Gasteiger partial charge < -0.3 is 9.88 Å². The summed E-state index contributed by atoms with van der Waals surface area (Å²) < 4.78 is 2.01. The molecule has 3 heteroatoms. The maximum atomic E-state index is 11.3. The van der Waals surface area contributed by atoms with Gasteiger partial charge in [-0.15, -0.1) is 0 Å². The highest BCUT2D eigenvalue weighted by molar-refractivity contribution is 6.01. The predicted molar refractivity (Wildman–Crippen MR) is 61.8 cm³/mol. The van der Waals surface area contributed by atoms with Crippen molar-refractivity contribution in [1.29, 1.82) is 0 Å². The van der Waals surface area contributed by atoms with Crippen molar-refractivity contribution in [3.05, 3.63) is 30.5 Å². The molecule has 0 aliphatic heterocycles. The number of hydrogen-bond donors (Lipinski definition) is 1. The Morgan fingerprint density at radius 1 is 1.40 bits per heavy atom. The molecular weight excluding hydrogens is 188 g/mol. The summed E-state index contributed by atoms with van der Waals surface area (Å²) in [5.41, 5.74) is 2.02. The summed E-state index contributed by atoms with van der Waals surface area (Å²) in [6, 6.07) is 8.02. The minimum Gasteiger partial charge on any atom is -0.348 e. The van der Waals surface area contributed by atoms with E-state index in [9.17, 15) is 4.79 Å². The number of nitrogens with zero attached hydrogens (tertiary/aromatic N) is 1. The lowest BCUT2D eigenvalue weighted by molar-refractivity contribution is -0.115. The number of benzene rings is 1. The second kappa shape index (κ2) is 3.77. The van der Waals surface area contributed by atoms with Crippen molar-refractivity contribution in [1.82, 2.24) is 4.57 Å². The van der Waals surface area contributed by atoms with Gasteiger partial charge in [-0.2, -0.15) is 0 Å². The molecule has 0 fully saturated rings. The first-order valence-electron chi connectivity index (χ1n) is 5.06. The summed E-state index contributed by atoms with van der Waals surface area (Å²) in [5.74, 6) is 0.0475. The van der Waals surface area contributed by atoms with Crippen molar-refractivity contribution < 1.29 is 4.79 Å². The molecule has 0 radical (unpaired) electrons. The predicted octanol–water partition coefficient (Wildman–Crippen LogP) is 2.53. The molecule has 78 valence electrons. The molecule has 3 nitrogen and oxygen atoms in total. The van der Waals surface area contributed by atoms with Gasteiger partial charge in [-0.1, -0.05) is 25.1 Å². The van der Waals surface area contributed by atoms with E-state index in [1.165, 1.54) is 0 Å². The van der Waals surface area contributed by atoms with Gasteiger partial charge in [0.25, 0.3) is 0 Å². The molecule has 0 aliphatic carbocycles. The highest BCUT2D eigenvalue weighted by Gasteiger charge is 2.07. The van der Waals surface area contributed by atoms with Gasteiger partial charge in [0.15, 0.2) is 0 Å². The summed E-state index contributed by atoms with van der Waals surface area (Å²) in [7, 11) is 1.98. The van der Waals surface area contributed by atoms with Crippen LogP contribution in [0.1, 0.15) is 13.3 Å². The molecule has 0 atom stereocenters. The SMILES string of the molecule is CCC(=O)Nc1cn(C)c2ccccc12. The molecule has 1 aromatic heterocycles. The van der Waals surface area contributed by atoms with Gasteiger partial charge in [0.1, 0.15) is 0 Å². The standard InChI is InChI=1S/C12H14N2O/c1-3-12(15)13-10-8-14(2)11-7-5-4-6-9(10)11/h4-8H,3H2,1-2H3,(H,13,15). The first kappa shape index (κ1) is 9.77. The highest BCUT2D eigenvalue weighted by atomic mass is 16.1. The molecule has 15 heavy (non-hydrogen) atoms. The van der Waals surface area contributed by atoms with Gasteiger partial charge in [-0.05, 0) is 6.07 Å². The molecule has 1 amide bonds. The summed E-state index contributed by atoms with van der Waals surface area (Å²) in [6.07, 6.45) is 2.45. The van der Waals surface area contributed by atoms with E-state index >= 15 is 0 Å². The summed E-state index contributed by atoms with van der Waals surface area (Å²) in [5, 5.41) is 3.98. The van der Waals surface area contributed by atoms with E-state index in [1.54, 1.807) is 0 Å². The lowest BCUT2D eigenvalue weighted by Crippen LogP contribution is -2.08. The molecule has 0 aliphatic rings. The Hall–Kier alpha value is -1.77. The van der Waals surface area contributed by atoms with E-state index in [4.69, 9.17) is 0 Å². The third-order valence-electron chi connectivity index (χ3n) is 2.49. The normalized spacial score (nSPS) is 10.5. The van der Waals surface area contributed by atoms with Crippen LogP contribution >= 0.6 is 0 Å². The summed E-state index contributed by atoms with van der Waals surface area (Å²) in [4.78, 5) is 11.3. The maximum Gasteiger partial charge on any atom is 0.224 e. The van der Waals surface area contributed by atoms with Crippen LogP contribution in [0.3, 0.4) is 0 Å². The first-order valence-corrected chi connectivity index (χ1v) is 5.06. The first-order chi connectivity index (χ1) is 7.22. The number of fused-ring (bicyclic) bond motifs is 1. The van der Waals surface area contributed by atoms with Crippen LogP contribution in [0.15, 0.2) is 30.5 Å². The number of amides is 1. The number of rotatable bonds is 2. The van der Waals surface area contributed by atoms with Gasteiger partial charge in [0.2, 0.25) is 5.91 Å². The smallest absolute Gasteiger partial charge is 0.224 e. The fourth-order valence-corrected chi connectivity index (χ4v) is 1.68. The summed E-state index contributed by atoms with van der Waals surface area (Å²) in [6.45, 7) is 1.85. The van der Waals surface area contributed by atoms with E-state index in [-0.39, 0.29) is 5.91 Å². The quantitative estimate of drug-likeness (QED) is 0.797. The van der Waals surface area contributed by atoms with E-state index in [2.05, 4.69) is 5.32 Å². The Kier molecular flexibility index (Phi) is 2.46. The third-order valence-corrected chi connectivity index (χ3v) is 2.49. The van der Waals surface area contributed by atoms with Crippen LogP contribution in [0.25, 0.3) is 10.9 Å². The topological polar surface area (TPSA) is 34.0 Å². The summed E-state index contributed by atoms with van der Waals surface area (Å²) >= 11 is 0. The average molecular weight is 202 g/mol. The Labute approximate surface area is 88.7 Å². The molecule has 0 spiro atoms. The zero-order valence-electron chi connectivity index (χ0n) is 8.95. The lowest BCUT2D eigenvalue weighted by Gasteiger charge is -2.00. The van der Waals surface area contributed by atoms with Crippen molar-refractivity contribution in [3.63, 3.8) is 0 Å². The number of aromatic nitrogens is 1. The number of hydrogen-bond acceptors (Lipinski definition) is 1. The minimum absolute atomic E-state index is 0.0475. The van der Waals surface area contributed by atoms with E-state index in [0.29, 0.717) is 6.42 Å². The Balaban J connectivity index is 2.48. The molecule has 0 bridgehead atoms. The van der Waals surface area contributed by atoms with Crippen molar-refractivity contribution >= 4 is 22.5 Å². The number of nitrogens with one attached hydrogen (secondary N) is 1. The van der Waals surface area contributed by atoms with E-state index in [0.717, 1.165) is 16.6 Å². The maximum absolute atomic E-state index is 11.3. The highest BCUT2D eigenvalue weighted by Crippen LogP contribution is 2.24. The molecule has 2 aromatic rings. The molecule has 2 rings (SSSR count). The van der Waals surface area contributed by atoms with E-state index in [1.807, 2.05) is 49.0 Å². The van der Waals surface area contributed by atoms with Crippen LogP contribution in [-0.4, -0.2) is 10.5 Å². The number of carbonyl (C=O) groups excluding carboxylic acids is 1. The van der Waals surface area contributed by atoms with Crippen LogP contribution in [0.5, 0.6) is 0 Å². The number of carbonyl (C=O) groups is 1. The van der Waals surface area contributed by atoms with Crippen molar-refractivity contribution in [2.45, 2.75) is 13.3 Å². The Bertz CT molecular complexity index is 499. The molecule has 1 N–H and O–H groups in total. The van der Waals surface area contributed by atoms with Crippen LogP contribution in [0.2, 0.25) is 0 Å². The van der Waals surface area contributed by atoms with Crippen molar-refractivity contribution in [2.75, 3.05) is 5.32 Å². The molecular formula is C12H14N2O. The van der Waals surface area contributed by atoms with Crippen LogP contribution in [-0.2, 0) is 11.8 Å². The van der Waals surface area contributed by atoms with Crippen LogP contribution < -0.4 is 5.32 Å². The largest absolute Gasteiger partial charge is 0.348 e. The molecule has 0 unspecified atom stereocenters. The molecule has 1 aromatic carbocycles. The second-order valence-corrected chi connectivity index (χ2v) is 3.57. The van der Waals surface area contributed by atoms with Crippen molar-refractivity contribution in [2.24, 2.45) is 7.05 Å². The van der Waals surface area contributed by atoms with Gasteiger partial charge in [-0.3, -0.25) is 4.79 Å². The number of aryl methyl sites for hydroxylation is 1. The molecule has 0 saturated carbocycles. The average Bonchev–Trinajstić information content (AvgIpc) is 2.57. The number of para-hydroxylation sites is 1. The fourth-order valence-electron chi connectivity index (χ4n) is 1.68. The lowest BCUT2D eigenvalue weighted by atomic mass is 10.2. The van der Waals surface area contributed by atoms with Gasteiger partial charge in [-0.25, -0.2) is 0 Å². The van der Waals surface area contributed by atoms with Gasteiger partial charge >= 0.3 is 0 Å². The second-order valence-electron chi connectivity index (χ2n) is 3.57. The minimum atomic E-state index is 0.0475. The molecule has 0 saturated heterocycles.